The van der Waals surface area contributed by atoms with Crippen molar-refractivity contribution in [2.24, 2.45) is 0 Å². The van der Waals surface area contributed by atoms with Gasteiger partial charge in [0.2, 0.25) is 5.91 Å². The van der Waals surface area contributed by atoms with Crippen molar-refractivity contribution >= 4 is 23.2 Å². The highest BCUT2D eigenvalue weighted by atomic mass is 19.1. The number of hydrogen-bond acceptors (Lipinski definition) is 4. The third-order valence-electron chi connectivity index (χ3n) is 5.12. The summed E-state index contributed by atoms with van der Waals surface area (Å²) in [5, 5.41) is 2.77. The van der Waals surface area contributed by atoms with Gasteiger partial charge in [0.1, 0.15) is 18.2 Å². The number of carbonyl (C=O) groups is 2. The molecule has 0 heterocycles. The van der Waals surface area contributed by atoms with E-state index in [0.717, 1.165) is 11.3 Å². The zero-order chi connectivity index (χ0) is 24.7. The Labute approximate surface area is 197 Å². The third-order valence-corrected chi connectivity index (χ3v) is 5.12. The SMILES string of the molecule is COCC(=O)Nc1ccc(N(C)C)c(CN(Cc2cccc(F)c2)C(=O)c2ccc(F)cc2)c1. The molecule has 3 aromatic carbocycles. The number of halogens is 2. The molecule has 0 saturated carbocycles. The standard InChI is InChI=1S/C26H27F2N3O3/c1-30(2)24-12-11-23(29-25(32)17-34-3)14-20(24)16-31(15-18-5-4-6-22(28)13-18)26(33)19-7-9-21(27)10-8-19/h4-14H,15-17H2,1-3H3,(H,29,32). The normalized spacial score (nSPS) is 10.6. The van der Waals surface area contributed by atoms with E-state index in [1.54, 1.807) is 29.2 Å². The molecule has 0 saturated heterocycles. The highest BCUT2D eigenvalue weighted by Crippen LogP contribution is 2.26. The van der Waals surface area contributed by atoms with Gasteiger partial charge in [-0.15, -0.1) is 0 Å². The highest BCUT2D eigenvalue weighted by Gasteiger charge is 2.20. The minimum absolute atomic E-state index is 0.0838. The van der Waals surface area contributed by atoms with Crippen LogP contribution in [0, 0.1) is 11.6 Å². The fourth-order valence-electron chi connectivity index (χ4n) is 3.59. The van der Waals surface area contributed by atoms with Crippen LogP contribution in [-0.2, 0) is 22.6 Å². The Balaban J connectivity index is 1.97. The molecule has 0 spiro atoms. The number of anilines is 2. The number of benzene rings is 3. The van der Waals surface area contributed by atoms with Crippen molar-refractivity contribution in [1.29, 1.82) is 0 Å². The molecule has 34 heavy (non-hydrogen) atoms. The van der Waals surface area contributed by atoms with Gasteiger partial charge >= 0.3 is 0 Å². The fraction of sp³-hybridized carbons (Fsp3) is 0.231. The van der Waals surface area contributed by atoms with Gasteiger partial charge in [-0.05, 0) is 65.7 Å². The lowest BCUT2D eigenvalue weighted by molar-refractivity contribution is -0.119. The van der Waals surface area contributed by atoms with Gasteiger partial charge in [-0.1, -0.05) is 12.1 Å². The summed E-state index contributed by atoms with van der Waals surface area (Å²) in [4.78, 5) is 28.8. The molecule has 0 aliphatic carbocycles. The van der Waals surface area contributed by atoms with E-state index < -0.39 is 11.6 Å². The lowest BCUT2D eigenvalue weighted by Gasteiger charge is -2.26. The summed E-state index contributed by atoms with van der Waals surface area (Å²) in [7, 11) is 5.19. The minimum Gasteiger partial charge on any atom is -0.377 e. The molecule has 6 nitrogen and oxygen atoms in total. The summed E-state index contributed by atoms with van der Waals surface area (Å²) in [5.74, 6) is -1.47. The smallest absolute Gasteiger partial charge is 0.254 e. The quantitative estimate of drug-likeness (QED) is 0.505. The maximum absolute atomic E-state index is 13.8. The fourth-order valence-corrected chi connectivity index (χ4v) is 3.59. The minimum atomic E-state index is -0.442. The maximum atomic E-state index is 13.8. The first-order chi connectivity index (χ1) is 16.3. The number of rotatable bonds is 9. The largest absolute Gasteiger partial charge is 0.377 e. The van der Waals surface area contributed by atoms with Crippen LogP contribution in [0.4, 0.5) is 20.2 Å². The van der Waals surface area contributed by atoms with Crippen LogP contribution >= 0.6 is 0 Å². The summed E-state index contributed by atoms with van der Waals surface area (Å²) < 4.78 is 32.1. The van der Waals surface area contributed by atoms with Crippen LogP contribution < -0.4 is 10.2 Å². The molecule has 2 amide bonds. The number of hydrogen-bond donors (Lipinski definition) is 1. The molecule has 0 bridgehead atoms. The van der Waals surface area contributed by atoms with E-state index in [-0.39, 0.29) is 31.5 Å². The maximum Gasteiger partial charge on any atom is 0.254 e. The van der Waals surface area contributed by atoms with Crippen molar-refractivity contribution in [2.45, 2.75) is 13.1 Å². The van der Waals surface area contributed by atoms with E-state index in [9.17, 15) is 18.4 Å². The molecule has 0 aromatic heterocycles. The van der Waals surface area contributed by atoms with Crippen molar-refractivity contribution in [2.75, 3.05) is 38.0 Å². The molecular formula is C26H27F2N3O3. The van der Waals surface area contributed by atoms with Gasteiger partial charge in [-0.25, -0.2) is 8.78 Å². The Bertz CT molecular complexity index is 1150. The first-order valence-electron chi connectivity index (χ1n) is 10.6. The molecule has 1 N–H and O–H groups in total. The van der Waals surface area contributed by atoms with Gasteiger partial charge in [0.15, 0.2) is 0 Å². The Morgan fingerprint density at radius 3 is 2.29 bits per heavy atom. The predicted molar refractivity (Wildman–Crippen MR) is 128 cm³/mol. The van der Waals surface area contributed by atoms with Crippen molar-refractivity contribution in [3.8, 4) is 0 Å². The molecule has 0 fully saturated rings. The molecule has 8 heteroatoms. The molecule has 3 rings (SSSR count). The van der Waals surface area contributed by atoms with Crippen molar-refractivity contribution in [3.05, 3.63) is 95.1 Å². The predicted octanol–water partition coefficient (Wildman–Crippen LogP) is 4.46. The lowest BCUT2D eigenvalue weighted by atomic mass is 10.1. The molecule has 178 valence electrons. The van der Waals surface area contributed by atoms with Crippen LogP contribution in [0.25, 0.3) is 0 Å². The molecule has 0 radical (unpaired) electrons. The van der Waals surface area contributed by atoms with Gasteiger partial charge in [0.25, 0.3) is 5.91 Å². The van der Waals surface area contributed by atoms with Crippen molar-refractivity contribution in [1.82, 2.24) is 4.90 Å². The second-order valence-electron chi connectivity index (χ2n) is 8.02. The van der Waals surface area contributed by atoms with Gasteiger partial charge in [0.05, 0.1) is 0 Å². The lowest BCUT2D eigenvalue weighted by Crippen LogP contribution is -2.31. The summed E-state index contributed by atoms with van der Waals surface area (Å²) >= 11 is 0. The second kappa shape index (κ2) is 11.4. The summed E-state index contributed by atoms with van der Waals surface area (Å²) in [6, 6.07) is 16.7. The monoisotopic (exact) mass is 467 g/mol. The number of ether oxygens (including phenoxy) is 1. The topological polar surface area (TPSA) is 61.9 Å². The van der Waals surface area contributed by atoms with Crippen LogP contribution in [-0.4, -0.2) is 44.5 Å². The molecule has 0 unspecified atom stereocenters. The number of methoxy groups -OCH3 is 1. The zero-order valence-corrected chi connectivity index (χ0v) is 19.3. The van der Waals surface area contributed by atoms with Crippen molar-refractivity contribution < 1.29 is 23.1 Å². The Morgan fingerprint density at radius 2 is 1.65 bits per heavy atom. The van der Waals surface area contributed by atoms with Gasteiger partial charge in [-0.2, -0.15) is 0 Å². The second-order valence-corrected chi connectivity index (χ2v) is 8.02. The van der Waals surface area contributed by atoms with Crippen LogP contribution in [0.2, 0.25) is 0 Å². The van der Waals surface area contributed by atoms with Crippen LogP contribution in [0.1, 0.15) is 21.5 Å². The van der Waals surface area contributed by atoms with E-state index >= 15 is 0 Å². The Morgan fingerprint density at radius 1 is 0.912 bits per heavy atom. The van der Waals surface area contributed by atoms with E-state index in [1.165, 1.54) is 43.5 Å². The summed E-state index contributed by atoms with van der Waals surface area (Å²) in [6.07, 6.45) is 0. The average Bonchev–Trinajstić information content (AvgIpc) is 2.79. The molecule has 0 atom stereocenters. The van der Waals surface area contributed by atoms with Gasteiger partial charge < -0.3 is 19.9 Å². The number of amides is 2. The van der Waals surface area contributed by atoms with Crippen LogP contribution in [0.15, 0.2) is 66.7 Å². The van der Waals surface area contributed by atoms with E-state index in [1.807, 2.05) is 25.1 Å². The number of nitrogens with one attached hydrogen (secondary N) is 1. The molecule has 0 aliphatic heterocycles. The van der Waals surface area contributed by atoms with Gasteiger partial charge in [0, 0.05) is 51.2 Å². The molecular weight excluding hydrogens is 440 g/mol. The van der Waals surface area contributed by atoms with E-state index in [2.05, 4.69) is 5.32 Å². The Kier molecular flexibility index (Phi) is 8.32. The Hall–Kier alpha value is -3.78. The summed E-state index contributed by atoms with van der Waals surface area (Å²) in [6.45, 7) is 0.231. The van der Waals surface area contributed by atoms with Crippen LogP contribution in [0.3, 0.4) is 0 Å². The van der Waals surface area contributed by atoms with E-state index in [4.69, 9.17) is 4.74 Å². The molecule has 0 aliphatic rings. The summed E-state index contributed by atoms with van der Waals surface area (Å²) in [5.41, 5.74) is 3.11. The van der Waals surface area contributed by atoms with E-state index in [0.29, 0.717) is 16.8 Å². The zero-order valence-electron chi connectivity index (χ0n) is 19.3. The van der Waals surface area contributed by atoms with Crippen molar-refractivity contribution in [3.63, 3.8) is 0 Å². The number of carbonyl (C=O) groups excluding carboxylic acids is 2. The molecule has 3 aromatic rings. The third kappa shape index (κ3) is 6.62. The first kappa shape index (κ1) is 24.9. The first-order valence-corrected chi connectivity index (χ1v) is 10.6. The number of nitrogens with zero attached hydrogens (tertiary/aromatic N) is 2. The van der Waals surface area contributed by atoms with Gasteiger partial charge in [-0.3, -0.25) is 9.59 Å². The van der Waals surface area contributed by atoms with Crippen LogP contribution in [0.5, 0.6) is 0 Å². The average molecular weight is 468 g/mol. The highest BCUT2D eigenvalue weighted by molar-refractivity contribution is 5.94.